The van der Waals surface area contributed by atoms with Gasteiger partial charge in [0.25, 0.3) is 0 Å². The lowest BCUT2D eigenvalue weighted by Crippen LogP contribution is -1.80. The molecule has 3 nitrogen and oxygen atoms in total. The van der Waals surface area contributed by atoms with E-state index in [-0.39, 0.29) is 0 Å². The molecular weight excluding hydrogens is 210 g/mol. The Labute approximate surface area is 101 Å². The first-order chi connectivity index (χ1) is 8.38. The van der Waals surface area contributed by atoms with E-state index in [4.69, 9.17) is 0 Å². The molecule has 2 N–H and O–H groups in total. The van der Waals surface area contributed by atoms with Gasteiger partial charge in [0.1, 0.15) is 0 Å². The first-order valence-corrected chi connectivity index (χ1v) is 5.50. The molecule has 3 aromatic rings. The summed E-state index contributed by atoms with van der Waals surface area (Å²) in [6.45, 7) is 2.12. The van der Waals surface area contributed by atoms with Crippen LogP contribution in [0.1, 0.15) is 5.56 Å². The summed E-state index contributed by atoms with van der Waals surface area (Å²) in [4.78, 5) is 9.61. The number of aromatic nitrogens is 3. The lowest BCUT2D eigenvalue weighted by molar-refractivity contribution is 1.31. The SMILES string of the molecule is Cc1ccccc1-c1ccc[nH]1.c1c[nH]cn1. The molecular formula is C14H15N3. The van der Waals surface area contributed by atoms with Gasteiger partial charge in [0.15, 0.2) is 0 Å². The minimum Gasteiger partial charge on any atom is -0.361 e. The smallest absolute Gasteiger partial charge is 0.0919 e. The zero-order valence-corrected chi connectivity index (χ0v) is 9.72. The van der Waals surface area contributed by atoms with Crippen molar-refractivity contribution in [1.29, 1.82) is 0 Å². The first kappa shape index (κ1) is 11.2. The zero-order chi connectivity index (χ0) is 11.9. The fourth-order valence-corrected chi connectivity index (χ4v) is 1.59. The Kier molecular flexibility index (Phi) is 3.76. The summed E-state index contributed by atoms with van der Waals surface area (Å²) in [5.74, 6) is 0. The van der Waals surface area contributed by atoms with Gasteiger partial charge in [0.2, 0.25) is 0 Å². The zero-order valence-electron chi connectivity index (χ0n) is 9.72. The Morgan fingerprint density at radius 3 is 2.41 bits per heavy atom. The van der Waals surface area contributed by atoms with Crippen LogP contribution >= 0.6 is 0 Å². The highest BCUT2D eigenvalue weighted by Crippen LogP contribution is 2.20. The van der Waals surface area contributed by atoms with Gasteiger partial charge in [-0.15, -0.1) is 0 Å². The normalized spacial score (nSPS) is 9.47. The predicted octanol–water partition coefficient (Wildman–Crippen LogP) is 3.40. The van der Waals surface area contributed by atoms with E-state index in [0.29, 0.717) is 0 Å². The fraction of sp³-hybridized carbons (Fsp3) is 0.0714. The van der Waals surface area contributed by atoms with E-state index >= 15 is 0 Å². The summed E-state index contributed by atoms with van der Waals surface area (Å²) >= 11 is 0. The maximum Gasteiger partial charge on any atom is 0.0919 e. The van der Waals surface area contributed by atoms with Crippen molar-refractivity contribution >= 4 is 0 Å². The first-order valence-electron chi connectivity index (χ1n) is 5.50. The molecule has 0 amide bonds. The minimum atomic E-state index is 1.19. The summed E-state index contributed by atoms with van der Waals surface area (Å²) in [5.41, 5.74) is 3.77. The van der Waals surface area contributed by atoms with Crippen LogP contribution in [0, 0.1) is 6.92 Å². The van der Waals surface area contributed by atoms with Gasteiger partial charge in [-0.3, -0.25) is 0 Å². The van der Waals surface area contributed by atoms with Crippen molar-refractivity contribution in [3.05, 3.63) is 66.9 Å². The Morgan fingerprint density at radius 2 is 1.88 bits per heavy atom. The van der Waals surface area contributed by atoms with Crippen LogP contribution in [0.2, 0.25) is 0 Å². The maximum absolute atomic E-state index is 3.67. The number of aryl methyl sites for hydroxylation is 1. The lowest BCUT2D eigenvalue weighted by atomic mass is 10.1. The number of nitrogens with zero attached hydrogens (tertiary/aromatic N) is 1. The Morgan fingerprint density at radius 1 is 1.00 bits per heavy atom. The van der Waals surface area contributed by atoms with Crippen LogP contribution in [0.5, 0.6) is 0 Å². The van der Waals surface area contributed by atoms with Gasteiger partial charge in [0.05, 0.1) is 6.33 Å². The molecule has 3 rings (SSSR count). The van der Waals surface area contributed by atoms with E-state index in [1.165, 1.54) is 16.8 Å². The second-order valence-corrected chi connectivity index (χ2v) is 3.66. The monoisotopic (exact) mass is 225 g/mol. The molecule has 0 bridgehead atoms. The maximum atomic E-state index is 3.67. The van der Waals surface area contributed by atoms with Crippen LogP contribution in [-0.2, 0) is 0 Å². The van der Waals surface area contributed by atoms with E-state index in [9.17, 15) is 0 Å². The fourth-order valence-electron chi connectivity index (χ4n) is 1.59. The molecule has 0 aliphatic heterocycles. The molecule has 0 spiro atoms. The van der Waals surface area contributed by atoms with Crippen molar-refractivity contribution in [2.75, 3.05) is 0 Å². The van der Waals surface area contributed by atoms with Gasteiger partial charge in [-0.1, -0.05) is 24.3 Å². The second-order valence-electron chi connectivity index (χ2n) is 3.66. The van der Waals surface area contributed by atoms with Crippen molar-refractivity contribution in [2.24, 2.45) is 0 Å². The summed E-state index contributed by atoms with van der Waals surface area (Å²) in [5, 5.41) is 0. The molecule has 0 aliphatic rings. The summed E-state index contributed by atoms with van der Waals surface area (Å²) in [6, 6.07) is 12.5. The largest absolute Gasteiger partial charge is 0.361 e. The molecule has 0 atom stereocenters. The number of hydrogen-bond acceptors (Lipinski definition) is 1. The minimum absolute atomic E-state index is 1.19. The van der Waals surface area contributed by atoms with Crippen molar-refractivity contribution in [1.82, 2.24) is 15.0 Å². The number of rotatable bonds is 1. The molecule has 0 unspecified atom stereocenters. The third-order valence-electron chi connectivity index (χ3n) is 2.44. The summed E-state index contributed by atoms with van der Waals surface area (Å²) in [7, 11) is 0. The van der Waals surface area contributed by atoms with E-state index in [1.54, 1.807) is 18.7 Å². The lowest BCUT2D eigenvalue weighted by Gasteiger charge is -2.01. The quantitative estimate of drug-likeness (QED) is 0.655. The van der Waals surface area contributed by atoms with E-state index in [1.807, 2.05) is 12.3 Å². The van der Waals surface area contributed by atoms with Crippen molar-refractivity contribution in [2.45, 2.75) is 6.92 Å². The van der Waals surface area contributed by atoms with Crippen molar-refractivity contribution in [3.8, 4) is 11.3 Å². The molecule has 0 radical (unpaired) electrons. The van der Waals surface area contributed by atoms with Gasteiger partial charge in [0, 0.05) is 29.8 Å². The van der Waals surface area contributed by atoms with Crippen LogP contribution < -0.4 is 0 Å². The Hall–Kier alpha value is -2.29. The Bertz CT molecular complexity index is 507. The van der Waals surface area contributed by atoms with Crippen LogP contribution in [-0.4, -0.2) is 15.0 Å². The number of nitrogens with one attached hydrogen (secondary N) is 2. The molecule has 1 aromatic carbocycles. The van der Waals surface area contributed by atoms with Gasteiger partial charge in [-0.25, -0.2) is 4.98 Å². The van der Waals surface area contributed by atoms with Crippen LogP contribution in [0.15, 0.2) is 61.3 Å². The van der Waals surface area contributed by atoms with E-state index in [2.05, 4.69) is 52.2 Å². The third kappa shape index (κ3) is 3.08. The second kappa shape index (κ2) is 5.70. The molecule has 3 heteroatoms. The number of imidazole rings is 1. The van der Waals surface area contributed by atoms with Gasteiger partial charge >= 0.3 is 0 Å². The number of H-pyrrole nitrogens is 2. The van der Waals surface area contributed by atoms with Gasteiger partial charge in [-0.05, 0) is 24.6 Å². The molecule has 17 heavy (non-hydrogen) atoms. The highest BCUT2D eigenvalue weighted by molar-refractivity contribution is 5.63. The molecule has 2 aromatic heterocycles. The number of hydrogen-bond donors (Lipinski definition) is 2. The highest BCUT2D eigenvalue weighted by atomic mass is 14.8. The van der Waals surface area contributed by atoms with Crippen molar-refractivity contribution < 1.29 is 0 Å². The van der Waals surface area contributed by atoms with E-state index in [0.717, 1.165) is 0 Å². The predicted molar refractivity (Wildman–Crippen MR) is 69.6 cm³/mol. The van der Waals surface area contributed by atoms with E-state index < -0.39 is 0 Å². The number of benzene rings is 1. The average molecular weight is 225 g/mol. The standard InChI is InChI=1S/C11H11N.C3H4N2/c1-9-5-2-3-6-10(9)11-7-4-8-12-11;1-2-5-3-4-1/h2-8,12H,1H3;1-3H,(H,4,5). The third-order valence-corrected chi connectivity index (χ3v) is 2.44. The highest BCUT2D eigenvalue weighted by Gasteiger charge is 1.98. The molecule has 0 saturated heterocycles. The molecule has 0 saturated carbocycles. The van der Waals surface area contributed by atoms with Gasteiger partial charge < -0.3 is 9.97 Å². The molecule has 0 fully saturated rings. The molecule has 2 heterocycles. The summed E-state index contributed by atoms with van der Waals surface area (Å²) < 4.78 is 0. The molecule has 86 valence electrons. The van der Waals surface area contributed by atoms with Crippen LogP contribution in [0.4, 0.5) is 0 Å². The molecule has 0 aliphatic carbocycles. The van der Waals surface area contributed by atoms with Crippen molar-refractivity contribution in [3.63, 3.8) is 0 Å². The average Bonchev–Trinajstić information content (AvgIpc) is 3.06. The topological polar surface area (TPSA) is 44.5 Å². The van der Waals surface area contributed by atoms with Gasteiger partial charge in [-0.2, -0.15) is 0 Å². The van der Waals surface area contributed by atoms with Crippen LogP contribution in [0.3, 0.4) is 0 Å². The number of aromatic amines is 2. The van der Waals surface area contributed by atoms with Crippen LogP contribution in [0.25, 0.3) is 11.3 Å². The Balaban J connectivity index is 0.000000181. The summed E-state index contributed by atoms with van der Waals surface area (Å²) in [6.07, 6.45) is 7.03.